The molecule has 1 saturated heterocycles. The first kappa shape index (κ1) is 24.1. The van der Waals surface area contributed by atoms with Crippen LogP contribution in [0.15, 0.2) is 18.2 Å². The average molecular weight is 470 g/mol. The summed E-state index contributed by atoms with van der Waals surface area (Å²) < 4.78 is 10.8. The number of hydrogen-bond donors (Lipinski definition) is 2. The Labute approximate surface area is 200 Å². The number of amides is 2. The highest BCUT2D eigenvalue weighted by Crippen LogP contribution is 2.42. The minimum Gasteiger partial charge on any atom is -0.497 e. The van der Waals surface area contributed by atoms with Crippen molar-refractivity contribution in [3.05, 3.63) is 29.5 Å². The molecule has 8 nitrogen and oxygen atoms in total. The van der Waals surface area contributed by atoms with E-state index in [0.29, 0.717) is 12.3 Å². The number of methoxy groups -OCH3 is 1. The highest BCUT2D eigenvalue weighted by atomic mass is 16.6. The molecule has 2 unspecified atom stereocenters. The van der Waals surface area contributed by atoms with E-state index in [1.54, 1.807) is 32.8 Å². The molecule has 2 aromatic rings. The van der Waals surface area contributed by atoms with Crippen LogP contribution in [0.2, 0.25) is 0 Å². The number of aromatic amines is 1. The molecule has 2 N–H and O–H groups in total. The molecule has 1 aromatic carbocycles. The van der Waals surface area contributed by atoms with E-state index in [1.807, 2.05) is 18.2 Å². The molecule has 4 rings (SSSR count). The van der Waals surface area contributed by atoms with E-state index < -0.39 is 17.7 Å². The van der Waals surface area contributed by atoms with Crippen LogP contribution < -0.4 is 10.1 Å². The molecule has 0 aliphatic carbocycles. The first-order valence-electron chi connectivity index (χ1n) is 12.0. The summed E-state index contributed by atoms with van der Waals surface area (Å²) in [6.45, 7) is 9.65. The number of aromatic nitrogens is 1. The van der Waals surface area contributed by atoms with E-state index in [4.69, 9.17) is 9.47 Å². The van der Waals surface area contributed by atoms with Crippen LogP contribution in [0.5, 0.6) is 5.75 Å². The molecule has 0 spiro atoms. The Kier molecular flexibility index (Phi) is 6.36. The normalized spacial score (nSPS) is 22.4. The highest BCUT2D eigenvalue weighted by Gasteiger charge is 2.48. The van der Waals surface area contributed by atoms with Gasteiger partial charge in [-0.25, -0.2) is 0 Å². The van der Waals surface area contributed by atoms with Crippen molar-refractivity contribution < 1.29 is 23.9 Å². The maximum atomic E-state index is 13.6. The lowest BCUT2D eigenvalue weighted by molar-refractivity contribution is -0.157. The van der Waals surface area contributed by atoms with Gasteiger partial charge in [0.15, 0.2) is 0 Å². The van der Waals surface area contributed by atoms with Crippen LogP contribution in [0.4, 0.5) is 0 Å². The van der Waals surface area contributed by atoms with Crippen LogP contribution >= 0.6 is 0 Å². The Morgan fingerprint density at radius 1 is 1.24 bits per heavy atom. The number of carbonyl (C=O) groups excluding carboxylic acids is 3. The van der Waals surface area contributed by atoms with Crippen LogP contribution in [-0.2, 0) is 25.5 Å². The molecule has 3 heterocycles. The van der Waals surface area contributed by atoms with E-state index in [9.17, 15) is 14.4 Å². The van der Waals surface area contributed by atoms with Crippen LogP contribution in [0, 0.1) is 5.92 Å². The third-order valence-corrected chi connectivity index (χ3v) is 6.47. The van der Waals surface area contributed by atoms with Gasteiger partial charge in [0, 0.05) is 35.5 Å². The second-order valence-corrected chi connectivity index (χ2v) is 10.7. The summed E-state index contributed by atoms with van der Waals surface area (Å²) in [4.78, 5) is 44.4. The van der Waals surface area contributed by atoms with Crippen molar-refractivity contribution >= 4 is 28.7 Å². The number of esters is 1. The molecule has 2 amide bonds. The van der Waals surface area contributed by atoms with Crippen molar-refractivity contribution in [2.45, 2.75) is 84.0 Å². The third kappa shape index (κ3) is 4.63. The van der Waals surface area contributed by atoms with Crippen LogP contribution in [0.3, 0.4) is 0 Å². The summed E-state index contributed by atoms with van der Waals surface area (Å²) in [5.41, 5.74) is 2.42. The topological polar surface area (TPSA) is 101 Å². The zero-order valence-electron chi connectivity index (χ0n) is 20.9. The lowest BCUT2D eigenvalue weighted by Crippen LogP contribution is -2.66. The molecule has 2 aliphatic heterocycles. The van der Waals surface area contributed by atoms with Crippen LogP contribution in [0.1, 0.15) is 71.2 Å². The number of ether oxygens (including phenoxy) is 2. The quantitative estimate of drug-likeness (QED) is 0.629. The van der Waals surface area contributed by atoms with Crippen molar-refractivity contribution in [1.29, 1.82) is 0 Å². The zero-order valence-corrected chi connectivity index (χ0v) is 20.9. The maximum absolute atomic E-state index is 13.6. The molecule has 0 saturated carbocycles. The number of hydrogen-bond acceptors (Lipinski definition) is 5. The monoisotopic (exact) mass is 469 g/mol. The fourth-order valence-corrected chi connectivity index (χ4v) is 5.10. The largest absolute Gasteiger partial charge is 0.497 e. The van der Waals surface area contributed by atoms with Gasteiger partial charge in [-0.3, -0.25) is 14.4 Å². The molecule has 2 aliphatic rings. The summed E-state index contributed by atoms with van der Waals surface area (Å²) in [5, 5.41) is 3.93. The fourth-order valence-electron chi connectivity index (χ4n) is 5.10. The molecule has 1 fully saturated rings. The molecule has 3 atom stereocenters. The average Bonchev–Trinajstić information content (AvgIpc) is 3.11. The van der Waals surface area contributed by atoms with Crippen LogP contribution in [0.25, 0.3) is 10.9 Å². The van der Waals surface area contributed by atoms with Crippen molar-refractivity contribution in [3.8, 4) is 5.75 Å². The molecule has 0 radical (unpaired) electrons. The van der Waals surface area contributed by atoms with Crippen molar-refractivity contribution in [2.24, 2.45) is 5.92 Å². The molecule has 34 heavy (non-hydrogen) atoms. The van der Waals surface area contributed by atoms with Gasteiger partial charge in [0.2, 0.25) is 11.8 Å². The molecule has 184 valence electrons. The van der Waals surface area contributed by atoms with E-state index in [2.05, 4.69) is 24.1 Å². The van der Waals surface area contributed by atoms with Gasteiger partial charge < -0.3 is 24.7 Å². The van der Waals surface area contributed by atoms with E-state index in [1.165, 1.54) is 0 Å². The number of rotatable bonds is 6. The molecule has 0 bridgehead atoms. The highest BCUT2D eigenvalue weighted by molar-refractivity contribution is 5.99. The number of nitrogens with one attached hydrogen (secondary N) is 2. The first-order valence-corrected chi connectivity index (χ1v) is 12.0. The van der Waals surface area contributed by atoms with E-state index >= 15 is 0 Å². The number of piperazine rings is 1. The van der Waals surface area contributed by atoms with Gasteiger partial charge in [0.1, 0.15) is 23.4 Å². The molecule has 1 aromatic heterocycles. The maximum Gasteiger partial charge on any atom is 0.306 e. The summed E-state index contributed by atoms with van der Waals surface area (Å²) >= 11 is 0. The predicted octanol–water partition coefficient (Wildman–Crippen LogP) is 3.64. The standard InChI is InChI=1S/C26H35N3O5/c1-14(2)11-20-23-17(16-8-7-15(33-6)12-19(16)27-23)13-21-24(31)28-18(25(32)29(20)21)9-10-22(30)34-26(3,4)5/h7-8,12,14,18,20-21,27H,9-11,13H2,1-6H3,(H,28,31)/t18-,20?,21?/m0/s1. The van der Waals surface area contributed by atoms with E-state index in [-0.39, 0.29) is 36.7 Å². The van der Waals surface area contributed by atoms with Gasteiger partial charge >= 0.3 is 5.97 Å². The number of benzene rings is 1. The number of H-pyrrole nitrogens is 1. The summed E-state index contributed by atoms with van der Waals surface area (Å²) in [6.07, 6.45) is 1.46. The van der Waals surface area contributed by atoms with Gasteiger partial charge in [0.05, 0.1) is 13.2 Å². The van der Waals surface area contributed by atoms with Crippen molar-refractivity contribution in [3.63, 3.8) is 0 Å². The van der Waals surface area contributed by atoms with Crippen LogP contribution in [-0.4, -0.2) is 52.5 Å². The summed E-state index contributed by atoms with van der Waals surface area (Å²) in [6, 6.07) is 4.33. The Morgan fingerprint density at radius 3 is 2.62 bits per heavy atom. The van der Waals surface area contributed by atoms with E-state index in [0.717, 1.165) is 34.3 Å². The van der Waals surface area contributed by atoms with Gasteiger partial charge in [-0.2, -0.15) is 0 Å². The molecular weight excluding hydrogens is 434 g/mol. The number of nitrogens with zero attached hydrogens (tertiary/aromatic N) is 1. The summed E-state index contributed by atoms with van der Waals surface area (Å²) in [7, 11) is 1.63. The molecule has 8 heteroatoms. The zero-order chi connectivity index (χ0) is 24.8. The van der Waals surface area contributed by atoms with Gasteiger partial charge in [0.25, 0.3) is 0 Å². The smallest absolute Gasteiger partial charge is 0.306 e. The number of carbonyl (C=O) groups is 3. The summed E-state index contributed by atoms with van der Waals surface area (Å²) in [5.74, 6) is 0.383. The Bertz CT molecular complexity index is 1110. The van der Waals surface area contributed by atoms with Gasteiger partial charge in [-0.15, -0.1) is 0 Å². The lowest BCUT2D eigenvalue weighted by Gasteiger charge is -2.46. The van der Waals surface area contributed by atoms with Gasteiger partial charge in [-0.1, -0.05) is 13.8 Å². The van der Waals surface area contributed by atoms with Crippen molar-refractivity contribution in [2.75, 3.05) is 7.11 Å². The fraction of sp³-hybridized carbons (Fsp3) is 0.577. The number of fused-ring (bicyclic) bond motifs is 4. The third-order valence-electron chi connectivity index (χ3n) is 6.47. The minimum atomic E-state index is -0.739. The predicted molar refractivity (Wildman–Crippen MR) is 128 cm³/mol. The Balaban J connectivity index is 1.65. The second-order valence-electron chi connectivity index (χ2n) is 10.7. The lowest BCUT2D eigenvalue weighted by atomic mass is 9.85. The SMILES string of the molecule is COc1ccc2c3c([nH]c2c1)C(CC(C)C)N1C(=O)[C@H](CCC(=O)OC(C)(C)C)NC(=O)C1C3. The Hall–Kier alpha value is -3.03. The first-order chi connectivity index (χ1) is 16.0. The van der Waals surface area contributed by atoms with Gasteiger partial charge in [-0.05, 0) is 57.2 Å². The molecular formula is C26H35N3O5. The minimum absolute atomic E-state index is 0.0682. The Morgan fingerprint density at radius 2 is 1.97 bits per heavy atom. The second kappa shape index (κ2) is 8.96. The van der Waals surface area contributed by atoms with Crippen molar-refractivity contribution in [1.82, 2.24) is 15.2 Å².